The number of carboxylic acid groups (broad SMARTS) is 1. The van der Waals surface area contributed by atoms with E-state index < -0.39 is 5.97 Å². The summed E-state index contributed by atoms with van der Waals surface area (Å²) in [5, 5.41) is 8.94. The first-order valence-corrected chi connectivity index (χ1v) is 7.68. The maximum atomic E-state index is 10.9. The van der Waals surface area contributed by atoms with Crippen LogP contribution in [0.2, 0.25) is 0 Å². The lowest BCUT2D eigenvalue weighted by atomic mass is 10.4. The standard InChI is InChI=1S/C14H23NO4S/c1-3-18-9-7-15(8-10-19-4-2)11-12-5-6-13(20-12)14(16)17/h5-6H,3-4,7-11H2,1-2H3,(H,16,17). The van der Waals surface area contributed by atoms with Crippen molar-refractivity contribution < 1.29 is 19.4 Å². The van der Waals surface area contributed by atoms with Crippen LogP contribution in [-0.2, 0) is 16.0 Å². The Morgan fingerprint density at radius 2 is 1.80 bits per heavy atom. The molecule has 0 amide bonds. The number of hydrogen-bond donors (Lipinski definition) is 1. The number of nitrogens with zero attached hydrogens (tertiary/aromatic N) is 1. The van der Waals surface area contributed by atoms with Crippen LogP contribution >= 0.6 is 11.3 Å². The molecule has 0 saturated heterocycles. The fraction of sp³-hybridized carbons (Fsp3) is 0.643. The maximum Gasteiger partial charge on any atom is 0.345 e. The second-order valence-corrected chi connectivity index (χ2v) is 5.41. The average molecular weight is 301 g/mol. The van der Waals surface area contributed by atoms with Gasteiger partial charge in [0.25, 0.3) is 0 Å². The molecule has 0 atom stereocenters. The van der Waals surface area contributed by atoms with Crippen LogP contribution in [0.3, 0.4) is 0 Å². The molecule has 0 unspecified atom stereocenters. The molecule has 20 heavy (non-hydrogen) atoms. The maximum absolute atomic E-state index is 10.9. The van der Waals surface area contributed by atoms with Gasteiger partial charge < -0.3 is 14.6 Å². The lowest BCUT2D eigenvalue weighted by Crippen LogP contribution is -2.30. The Bertz CT molecular complexity index is 384. The van der Waals surface area contributed by atoms with Crippen molar-refractivity contribution in [3.8, 4) is 0 Å². The van der Waals surface area contributed by atoms with E-state index in [1.54, 1.807) is 6.07 Å². The third-order valence-corrected chi connectivity index (χ3v) is 3.82. The number of thiophene rings is 1. The van der Waals surface area contributed by atoms with E-state index in [-0.39, 0.29) is 0 Å². The van der Waals surface area contributed by atoms with E-state index in [0.717, 1.165) is 24.5 Å². The highest BCUT2D eigenvalue weighted by Gasteiger charge is 2.11. The molecular formula is C14H23NO4S. The van der Waals surface area contributed by atoms with Gasteiger partial charge in [0, 0.05) is 37.7 Å². The van der Waals surface area contributed by atoms with Gasteiger partial charge in [0.1, 0.15) is 4.88 Å². The molecule has 1 rings (SSSR count). The van der Waals surface area contributed by atoms with E-state index in [2.05, 4.69) is 4.90 Å². The summed E-state index contributed by atoms with van der Waals surface area (Å²) < 4.78 is 10.8. The van der Waals surface area contributed by atoms with Crippen molar-refractivity contribution >= 4 is 17.3 Å². The SMILES string of the molecule is CCOCCN(CCOCC)Cc1ccc(C(=O)O)s1. The Kier molecular flexibility index (Phi) is 8.45. The molecule has 1 aromatic rings. The zero-order valence-electron chi connectivity index (χ0n) is 12.1. The first-order valence-electron chi connectivity index (χ1n) is 6.87. The molecular weight excluding hydrogens is 278 g/mol. The summed E-state index contributed by atoms with van der Waals surface area (Å²) in [6.07, 6.45) is 0. The minimum absolute atomic E-state index is 0.384. The van der Waals surface area contributed by atoms with Crippen LogP contribution in [-0.4, -0.2) is 55.5 Å². The van der Waals surface area contributed by atoms with E-state index in [0.29, 0.717) is 31.3 Å². The largest absolute Gasteiger partial charge is 0.477 e. The highest BCUT2D eigenvalue weighted by atomic mass is 32.1. The minimum atomic E-state index is -0.864. The van der Waals surface area contributed by atoms with Gasteiger partial charge in [-0.3, -0.25) is 4.90 Å². The summed E-state index contributed by atoms with van der Waals surface area (Å²) in [4.78, 5) is 14.5. The molecule has 0 bridgehead atoms. The van der Waals surface area contributed by atoms with Crippen LogP contribution in [0.4, 0.5) is 0 Å². The Labute approximate surface area is 124 Å². The molecule has 0 fully saturated rings. The van der Waals surface area contributed by atoms with Crippen molar-refractivity contribution in [2.24, 2.45) is 0 Å². The molecule has 0 saturated carbocycles. The van der Waals surface area contributed by atoms with E-state index in [1.165, 1.54) is 11.3 Å². The summed E-state index contributed by atoms with van der Waals surface area (Å²) in [7, 11) is 0. The summed E-state index contributed by atoms with van der Waals surface area (Å²) in [5.41, 5.74) is 0. The summed E-state index contributed by atoms with van der Waals surface area (Å²) in [6, 6.07) is 3.54. The number of ether oxygens (including phenoxy) is 2. The first-order chi connectivity index (χ1) is 9.67. The highest BCUT2D eigenvalue weighted by molar-refractivity contribution is 7.13. The van der Waals surface area contributed by atoms with E-state index in [4.69, 9.17) is 14.6 Å². The number of hydrogen-bond acceptors (Lipinski definition) is 5. The molecule has 0 spiro atoms. The highest BCUT2D eigenvalue weighted by Crippen LogP contribution is 2.18. The number of rotatable bonds is 11. The smallest absolute Gasteiger partial charge is 0.345 e. The second kappa shape index (κ2) is 9.88. The average Bonchev–Trinajstić information content (AvgIpc) is 2.88. The van der Waals surface area contributed by atoms with Gasteiger partial charge in [-0.25, -0.2) is 4.79 Å². The van der Waals surface area contributed by atoms with E-state index in [1.807, 2.05) is 19.9 Å². The van der Waals surface area contributed by atoms with Crippen LogP contribution in [0, 0.1) is 0 Å². The van der Waals surface area contributed by atoms with Gasteiger partial charge in [-0.05, 0) is 26.0 Å². The molecule has 1 aromatic heterocycles. The van der Waals surface area contributed by atoms with Gasteiger partial charge in [-0.1, -0.05) is 0 Å². The van der Waals surface area contributed by atoms with Gasteiger partial charge >= 0.3 is 5.97 Å². The summed E-state index contributed by atoms with van der Waals surface area (Å²) in [6.45, 7) is 9.11. The van der Waals surface area contributed by atoms with Crippen molar-refractivity contribution in [1.29, 1.82) is 0 Å². The van der Waals surface area contributed by atoms with Crippen LogP contribution in [0.1, 0.15) is 28.4 Å². The topological polar surface area (TPSA) is 59.0 Å². The summed E-state index contributed by atoms with van der Waals surface area (Å²) >= 11 is 1.32. The Morgan fingerprint density at radius 1 is 1.20 bits per heavy atom. The van der Waals surface area contributed by atoms with Crippen molar-refractivity contribution in [2.45, 2.75) is 20.4 Å². The molecule has 0 radical (unpaired) electrons. The Hall–Kier alpha value is -0.950. The van der Waals surface area contributed by atoms with Crippen LogP contribution in [0.25, 0.3) is 0 Å². The van der Waals surface area contributed by atoms with Gasteiger partial charge in [0.05, 0.1) is 13.2 Å². The Morgan fingerprint density at radius 3 is 2.25 bits per heavy atom. The second-order valence-electron chi connectivity index (χ2n) is 4.24. The predicted octanol–water partition coefficient (Wildman–Crippen LogP) is 2.32. The van der Waals surface area contributed by atoms with Crippen molar-refractivity contribution in [3.63, 3.8) is 0 Å². The third-order valence-electron chi connectivity index (χ3n) is 2.76. The molecule has 0 aliphatic carbocycles. The monoisotopic (exact) mass is 301 g/mol. The summed E-state index contributed by atoms with van der Waals surface area (Å²) in [5.74, 6) is -0.864. The normalized spacial score (nSPS) is 11.2. The molecule has 0 aromatic carbocycles. The van der Waals surface area contributed by atoms with Crippen LogP contribution in [0.5, 0.6) is 0 Å². The lowest BCUT2D eigenvalue weighted by Gasteiger charge is -2.21. The van der Waals surface area contributed by atoms with Gasteiger partial charge in [0.2, 0.25) is 0 Å². The lowest BCUT2D eigenvalue weighted by molar-refractivity contribution is 0.0702. The number of aromatic carboxylic acids is 1. The fourth-order valence-electron chi connectivity index (χ4n) is 1.74. The molecule has 6 heteroatoms. The van der Waals surface area contributed by atoms with Crippen LogP contribution < -0.4 is 0 Å². The first kappa shape index (κ1) is 17.1. The number of carbonyl (C=O) groups is 1. The van der Waals surface area contributed by atoms with Gasteiger partial charge in [0.15, 0.2) is 0 Å². The quantitative estimate of drug-likeness (QED) is 0.636. The van der Waals surface area contributed by atoms with E-state index in [9.17, 15) is 4.79 Å². The van der Waals surface area contributed by atoms with Crippen molar-refractivity contribution in [1.82, 2.24) is 4.90 Å². The van der Waals surface area contributed by atoms with Gasteiger partial charge in [-0.2, -0.15) is 0 Å². The minimum Gasteiger partial charge on any atom is -0.477 e. The molecule has 5 nitrogen and oxygen atoms in total. The molecule has 1 heterocycles. The Balaban J connectivity index is 2.49. The molecule has 1 N–H and O–H groups in total. The molecule has 114 valence electrons. The van der Waals surface area contributed by atoms with Crippen LogP contribution in [0.15, 0.2) is 12.1 Å². The van der Waals surface area contributed by atoms with E-state index >= 15 is 0 Å². The molecule has 0 aliphatic rings. The van der Waals surface area contributed by atoms with Crippen molar-refractivity contribution in [3.05, 3.63) is 21.9 Å². The van der Waals surface area contributed by atoms with Crippen molar-refractivity contribution in [2.75, 3.05) is 39.5 Å². The zero-order chi connectivity index (χ0) is 14.8. The van der Waals surface area contributed by atoms with Gasteiger partial charge in [-0.15, -0.1) is 11.3 Å². The number of carboxylic acids is 1. The fourth-order valence-corrected chi connectivity index (χ4v) is 2.63. The molecule has 0 aliphatic heterocycles. The zero-order valence-corrected chi connectivity index (χ0v) is 12.9. The third kappa shape index (κ3) is 6.47. The predicted molar refractivity (Wildman–Crippen MR) is 79.5 cm³/mol.